The van der Waals surface area contributed by atoms with Gasteiger partial charge in [0.2, 0.25) is 0 Å². The normalized spacial score (nSPS) is 14.0. The fraction of sp³-hybridized carbons (Fsp3) is 0.167. The van der Waals surface area contributed by atoms with Crippen molar-refractivity contribution in [1.29, 1.82) is 0 Å². The van der Waals surface area contributed by atoms with E-state index in [4.69, 9.17) is 9.15 Å². The number of carbonyl (C=O) groups excluding carboxylic acids is 2. The number of anilines is 1. The number of thioether (sulfide) groups is 1. The lowest BCUT2D eigenvalue weighted by molar-refractivity contribution is -0.119. The molecule has 5 nitrogen and oxygen atoms in total. The third-order valence-electron chi connectivity index (χ3n) is 5.11. The molecule has 2 amide bonds. The Morgan fingerprint density at radius 2 is 1.73 bits per heavy atom. The Hall–Kier alpha value is -3.25. The SMILES string of the molecule is COc1ccc(N2C(=O)C(SCc3ccco3)=C(c3ccc(C)c(C)c3)C2=O)cc1. The van der Waals surface area contributed by atoms with E-state index in [0.29, 0.717) is 27.7 Å². The van der Waals surface area contributed by atoms with E-state index in [2.05, 4.69) is 0 Å². The Kier molecular flexibility index (Phi) is 5.50. The molecule has 0 saturated heterocycles. The Balaban J connectivity index is 1.75. The Labute approximate surface area is 179 Å². The first kappa shape index (κ1) is 20.0. The average Bonchev–Trinajstić information content (AvgIpc) is 3.35. The maximum absolute atomic E-state index is 13.4. The third kappa shape index (κ3) is 3.66. The molecule has 3 aromatic rings. The van der Waals surface area contributed by atoms with Crippen molar-refractivity contribution in [1.82, 2.24) is 0 Å². The van der Waals surface area contributed by atoms with Gasteiger partial charge in [0.05, 0.1) is 35.3 Å². The highest BCUT2D eigenvalue weighted by Gasteiger charge is 2.40. The van der Waals surface area contributed by atoms with Crippen LogP contribution in [0, 0.1) is 13.8 Å². The van der Waals surface area contributed by atoms with Crippen molar-refractivity contribution in [2.45, 2.75) is 19.6 Å². The number of amides is 2. The maximum Gasteiger partial charge on any atom is 0.272 e. The lowest BCUT2D eigenvalue weighted by Gasteiger charge is -2.15. The number of aryl methyl sites for hydroxylation is 2. The highest BCUT2D eigenvalue weighted by atomic mass is 32.2. The van der Waals surface area contributed by atoms with Gasteiger partial charge in [-0.15, -0.1) is 11.8 Å². The molecule has 0 atom stereocenters. The van der Waals surface area contributed by atoms with Crippen LogP contribution in [0.15, 0.2) is 70.2 Å². The summed E-state index contributed by atoms with van der Waals surface area (Å²) in [5.74, 6) is 1.22. The lowest BCUT2D eigenvalue weighted by atomic mass is 10.0. The summed E-state index contributed by atoms with van der Waals surface area (Å²) in [5, 5.41) is 0. The fourth-order valence-electron chi connectivity index (χ4n) is 3.30. The second kappa shape index (κ2) is 8.24. The first-order valence-electron chi connectivity index (χ1n) is 9.49. The molecule has 1 aliphatic heterocycles. The summed E-state index contributed by atoms with van der Waals surface area (Å²) in [6, 6.07) is 16.4. The monoisotopic (exact) mass is 419 g/mol. The number of furan rings is 1. The molecule has 1 aliphatic rings. The van der Waals surface area contributed by atoms with Crippen molar-refractivity contribution in [2.24, 2.45) is 0 Å². The molecule has 0 saturated carbocycles. The van der Waals surface area contributed by atoms with Crippen LogP contribution in [0.2, 0.25) is 0 Å². The number of nitrogens with zero attached hydrogens (tertiary/aromatic N) is 1. The largest absolute Gasteiger partial charge is 0.497 e. The molecule has 0 bridgehead atoms. The van der Waals surface area contributed by atoms with E-state index in [9.17, 15) is 9.59 Å². The van der Waals surface area contributed by atoms with Gasteiger partial charge in [-0.05, 0) is 66.9 Å². The van der Waals surface area contributed by atoms with Crippen LogP contribution < -0.4 is 9.64 Å². The van der Waals surface area contributed by atoms with Gasteiger partial charge < -0.3 is 9.15 Å². The molecule has 0 aliphatic carbocycles. The Morgan fingerprint density at radius 3 is 2.37 bits per heavy atom. The number of hydrogen-bond donors (Lipinski definition) is 0. The van der Waals surface area contributed by atoms with E-state index >= 15 is 0 Å². The standard InChI is InChI=1S/C24H21NO4S/c1-15-6-7-17(13-16(15)2)21-22(30-14-20-5-4-12-29-20)24(27)25(23(21)26)18-8-10-19(28-3)11-9-18/h4-13H,14H2,1-3H3. The zero-order chi connectivity index (χ0) is 21.3. The van der Waals surface area contributed by atoms with Crippen molar-refractivity contribution in [3.8, 4) is 5.75 Å². The average molecular weight is 420 g/mol. The first-order valence-corrected chi connectivity index (χ1v) is 10.5. The molecule has 2 heterocycles. The molecular weight excluding hydrogens is 398 g/mol. The smallest absolute Gasteiger partial charge is 0.272 e. The molecular formula is C24H21NO4S. The summed E-state index contributed by atoms with van der Waals surface area (Å²) in [6.45, 7) is 4.02. The zero-order valence-corrected chi connectivity index (χ0v) is 17.8. The number of methoxy groups -OCH3 is 1. The zero-order valence-electron chi connectivity index (χ0n) is 17.0. The summed E-state index contributed by atoms with van der Waals surface area (Å²) in [4.78, 5) is 28.4. The maximum atomic E-state index is 13.4. The minimum Gasteiger partial charge on any atom is -0.497 e. The molecule has 30 heavy (non-hydrogen) atoms. The first-order chi connectivity index (χ1) is 14.5. The molecule has 6 heteroatoms. The van der Waals surface area contributed by atoms with E-state index in [1.807, 2.05) is 38.1 Å². The van der Waals surface area contributed by atoms with Gasteiger partial charge in [-0.3, -0.25) is 9.59 Å². The summed E-state index contributed by atoms with van der Waals surface area (Å²) >= 11 is 1.32. The fourth-order valence-corrected chi connectivity index (χ4v) is 4.31. The van der Waals surface area contributed by atoms with E-state index in [0.717, 1.165) is 22.5 Å². The predicted molar refractivity (Wildman–Crippen MR) is 118 cm³/mol. The number of carbonyl (C=O) groups is 2. The van der Waals surface area contributed by atoms with Crippen molar-refractivity contribution in [2.75, 3.05) is 12.0 Å². The number of imide groups is 1. The van der Waals surface area contributed by atoms with Crippen molar-refractivity contribution >= 4 is 34.8 Å². The Bertz CT molecular complexity index is 1130. The Morgan fingerprint density at radius 1 is 0.967 bits per heavy atom. The van der Waals surface area contributed by atoms with Gasteiger partial charge in [0.1, 0.15) is 11.5 Å². The molecule has 0 fully saturated rings. The van der Waals surface area contributed by atoms with Gasteiger partial charge in [-0.25, -0.2) is 4.90 Å². The van der Waals surface area contributed by atoms with E-state index in [1.54, 1.807) is 43.7 Å². The second-order valence-corrected chi connectivity index (χ2v) is 8.00. The van der Waals surface area contributed by atoms with E-state index < -0.39 is 0 Å². The lowest BCUT2D eigenvalue weighted by Crippen LogP contribution is -2.31. The molecule has 1 aromatic heterocycles. The van der Waals surface area contributed by atoms with Crippen LogP contribution in [0.1, 0.15) is 22.5 Å². The second-order valence-electron chi connectivity index (χ2n) is 7.01. The minimum absolute atomic E-state index is 0.324. The van der Waals surface area contributed by atoms with Crippen LogP contribution >= 0.6 is 11.8 Å². The summed E-state index contributed by atoms with van der Waals surface area (Å²) in [5.41, 5.74) is 3.89. The van der Waals surface area contributed by atoms with Crippen molar-refractivity contribution < 1.29 is 18.7 Å². The van der Waals surface area contributed by atoms with Crippen LogP contribution in [-0.4, -0.2) is 18.9 Å². The number of ether oxygens (including phenoxy) is 1. The van der Waals surface area contributed by atoms with E-state index in [1.165, 1.54) is 16.7 Å². The van der Waals surface area contributed by atoms with Crippen LogP contribution in [0.25, 0.3) is 5.57 Å². The van der Waals surface area contributed by atoms with Crippen molar-refractivity contribution in [3.63, 3.8) is 0 Å². The number of hydrogen-bond acceptors (Lipinski definition) is 5. The number of rotatable bonds is 6. The van der Waals surface area contributed by atoms with Gasteiger partial charge in [-0.2, -0.15) is 0 Å². The van der Waals surface area contributed by atoms with Gasteiger partial charge in [0.25, 0.3) is 11.8 Å². The highest BCUT2D eigenvalue weighted by molar-refractivity contribution is 8.03. The van der Waals surface area contributed by atoms with Gasteiger partial charge in [0, 0.05) is 0 Å². The minimum atomic E-state index is -0.324. The summed E-state index contributed by atoms with van der Waals surface area (Å²) in [7, 11) is 1.57. The van der Waals surface area contributed by atoms with Gasteiger partial charge in [0.15, 0.2) is 0 Å². The third-order valence-corrected chi connectivity index (χ3v) is 6.20. The topological polar surface area (TPSA) is 59.8 Å². The van der Waals surface area contributed by atoms with Crippen LogP contribution in [-0.2, 0) is 15.3 Å². The highest BCUT2D eigenvalue weighted by Crippen LogP contribution is 2.40. The van der Waals surface area contributed by atoms with Crippen LogP contribution in [0.3, 0.4) is 0 Å². The molecule has 2 aromatic carbocycles. The summed E-state index contributed by atoms with van der Waals surface area (Å²) < 4.78 is 10.6. The van der Waals surface area contributed by atoms with Gasteiger partial charge in [-0.1, -0.05) is 18.2 Å². The predicted octanol–water partition coefficient (Wildman–Crippen LogP) is 5.12. The molecule has 4 rings (SSSR count). The van der Waals surface area contributed by atoms with Crippen LogP contribution in [0.5, 0.6) is 5.75 Å². The molecule has 0 N–H and O–H groups in total. The molecule has 0 unspecified atom stereocenters. The number of benzene rings is 2. The molecule has 152 valence electrons. The van der Waals surface area contributed by atoms with Crippen LogP contribution in [0.4, 0.5) is 5.69 Å². The quantitative estimate of drug-likeness (QED) is 0.519. The van der Waals surface area contributed by atoms with Gasteiger partial charge >= 0.3 is 0 Å². The molecule has 0 spiro atoms. The summed E-state index contributed by atoms with van der Waals surface area (Å²) in [6.07, 6.45) is 1.60. The molecule has 0 radical (unpaired) electrons. The van der Waals surface area contributed by atoms with E-state index in [-0.39, 0.29) is 11.8 Å². The van der Waals surface area contributed by atoms with Crippen molar-refractivity contribution in [3.05, 3.63) is 88.2 Å².